The monoisotopic (exact) mass is 322 g/mol. The predicted octanol–water partition coefficient (Wildman–Crippen LogP) is 2.28. The van der Waals surface area contributed by atoms with E-state index in [0.29, 0.717) is 4.21 Å². The van der Waals surface area contributed by atoms with Crippen LogP contribution >= 0.6 is 23.1 Å². The van der Waals surface area contributed by atoms with E-state index < -0.39 is 10.0 Å². The van der Waals surface area contributed by atoms with Gasteiger partial charge in [-0.3, -0.25) is 0 Å². The second kappa shape index (κ2) is 8.26. The van der Waals surface area contributed by atoms with E-state index in [0.717, 1.165) is 30.8 Å². The molecule has 0 aliphatic carbocycles. The van der Waals surface area contributed by atoms with Crippen LogP contribution in [0.15, 0.2) is 15.7 Å². The van der Waals surface area contributed by atoms with E-state index in [4.69, 9.17) is 0 Å². The summed E-state index contributed by atoms with van der Waals surface area (Å²) >= 11 is 2.91. The Morgan fingerprint density at radius 3 is 2.84 bits per heavy atom. The Hall–Kier alpha value is -0.0800. The van der Waals surface area contributed by atoms with Crippen LogP contribution in [0.1, 0.15) is 25.8 Å². The quantitative estimate of drug-likeness (QED) is 0.685. The van der Waals surface area contributed by atoms with Crippen molar-refractivity contribution in [2.75, 3.05) is 18.6 Å². The fraction of sp³-hybridized carbons (Fsp3) is 0.667. The first kappa shape index (κ1) is 17.0. The van der Waals surface area contributed by atoms with Crippen molar-refractivity contribution in [2.45, 2.75) is 37.1 Å². The molecule has 0 bridgehead atoms. The number of rotatable bonds is 9. The average Bonchev–Trinajstić information content (AvgIpc) is 2.78. The summed E-state index contributed by atoms with van der Waals surface area (Å²) < 4.78 is 27.4. The normalized spacial score (nSPS) is 13.6. The van der Waals surface area contributed by atoms with Crippen molar-refractivity contribution >= 4 is 33.1 Å². The molecular formula is C12H22N2O2S3. The van der Waals surface area contributed by atoms with Gasteiger partial charge >= 0.3 is 0 Å². The molecule has 0 radical (unpaired) electrons. The standard InChI is InChI=1S/C12H22N2O2S3/c1-4-5-13-7-11-6-12(18-9-11)19(15,16)14-10(2)8-17-3/h6,9-10,13-14H,4-5,7-8H2,1-3H3. The van der Waals surface area contributed by atoms with Crippen LogP contribution in [0.5, 0.6) is 0 Å². The van der Waals surface area contributed by atoms with Crippen LogP contribution in [0, 0.1) is 0 Å². The summed E-state index contributed by atoms with van der Waals surface area (Å²) in [4.78, 5) is 0. The van der Waals surface area contributed by atoms with Gasteiger partial charge in [-0.05, 0) is 43.2 Å². The molecule has 1 aromatic rings. The Morgan fingerprint density at radius 2 is 2.21 bits per heavy atom. The predicted molar refractivity (Wildman–Crippen MR) is 84.5 cm³/mol. The minimum absolute atomic E-state index is 0.0521. The van der Waals surface area contributed by atoms with Gasteiger partial charge in [-0.15, -0.1) is 11.3 Å². The molecule has 1 aromatic heterocycles. The van der Waals surface area contributed by atoms with Gasteiger partial charge < -0.3 is 5.32 Å². The molecule has 0 saturated carbocycles. The van der Waals surface area contributed by atoms with Crippen molar-refractivity contribution in [1.29, 1.82) is 0 Å². The lowest BCUT2D eigenvalue weighted by Gasteiger charge is -2.11. The lowest BCUT2D eigenvalue weighted by atomic mass is 10.3. The Kier molecular flexibility index (Phi) is 7.38. The minimum Gasteiger partial charge on any atom is -0.313 e. The highest BCUT2D eigenvalue weighted by atomic mass is 32.2. The van der Waals surface area contributed by atoms with Gasteiger partial charge in [0.1, 0.15) is 4.21 Å². The molecule has 0 aliphatic rings. The highest BCUT2D eigenvalue weighted by molar-refractivity contribution is 7.98. The number of sulfonamides is 1. The fourth-order valence-electron chi connectivity index (χ4n) is 1.60. The van der Waals surface area contributed by atoms with Crippen LogP contribution in [0.25, 0.3) is 0 Å². The summed E-state index contributed by atoms with van der Waals surface area (Å²) in [7, 11) is -3.36. The summed E-state index contributed by atoms with van der Waals surface area (Å²) in [6.07, 6.45) is 3.04. The average molecular weight is 323 g/mol. The molecule has 19 heavy (non-hydrogen) atoms. The van der Waals surface area contributed by atoms with Gasteiger partial charge in [0.05, 0.1) is 0 Å². The maximum atomic E-state index is 12.1. The number of nitrogens with one attached hydrogen (secondary N) is 2. The van der Waals surface area contributed by atoms with Gasteiger partial charge in [0.2, 0.25) is 10.0 Å². The molecule has 0 aromatic carbocycles. The van der Waals surface area contributed by atoms with Gasteiger partial charge in [-0.1, -0.05) is 6.92 Å². The van der Waals surface area contributed by atoms with Crippen LogP contribution in [0.4, 0.5) is 0 Å². The van der Waals surface area contributed by atoms with Crippen molar-refractivity contribution in [3.63, 3.8) is 0 Å². The number of thiophene rings is 1. The second-order valence-electron chi connectivity index (χ2n) is 4.43. The van der Waals surface area contributed by atoms with Crippen molar-refractivity contribution in [3.05, 3.63) is 17.0 Å². The van der Waals surface area contributed by atoms with Crippen molar-refractivity contribution < 1.29 is 8.42 Å². The van der Waals surface area contributed by atoms with Crippen molar-refractivity contribution in [2.24, 2.45) is 0 Å². The molecule has 4 nitrogen and oxygen atoms in total. The smallest absolute Gasteiger partial charge is 0.250 e. The fourth-order valence-corrected chi connectivity index (χ4v) is 4.76. The molecule has 0 spiro atoms. The minimum atomic E-state index is -3.36. The van der Waals surface area contributed by atoms with Gasteiger partial charge in [0.15, 0.2) is 0 Å². The molecule has 1 heterocycles. The van der Waals surface area contributed by atoms with E-state index in [1.54, 1.807) is 17.8 Å². The van der Waals surface area contributed by atoms with Gasteiger partial charge in [0.25, 0.3) is 0 Å². The zero-order valence-corrected chi connectivity index (χ0v) is 14.1. The molecule has 1 rings (SSSR count). The summed E-state index contributed by atoms with van der Waals surface area (Å²) in [5.74, 6) is 0.773. The molecule has 0 amide bonds. The van der Waals surface area contributed by atoms with Crippen LogP contribution in [0.2, 0.25) is 0 Å². The third-order valence-corrected chi connectivity index (χ3v) is 6.33. The first-order valence-corrected chi connectivity index (χ1v) is 10.0. The summed E-state index contributed by atoms with van der Waals surface area (Å²) in [5, 5.41) is 5.16. The molecule has 1 atom stereocenters. The molecule has 1 unspecified atom stereocenters. The number of thioether (sulfide) groups is 1. The molecule has 7 heteroatoms. The van der Waals surface area contributed by atoms with Crippen LogP contribution in [-0.2, 0) is 16.6 Å². The van der Waals surface area contributed by atoms with Gasteiger partial charge in [0, 0.05) is 18.3 Å². The third-order valence-electron chi connectivity index (χ3n) is 2.42. The van der Waals surface area contributed by atoms with Crippen molar-refractivity contribution in [1.82, 2.24) is 10.0 Å². The highest BCUT2D eigenvalue weighted by Gasteiger charge is 2.19. The summed E-state index contributed by atoms with van der Waals surface area (Å²) in [6.45, 7) is 5.65. The van der Waals surface area contributed by atoms with Gasteiger partial charge in [-0.25, -0.2) is 13.1 Å². The van der Waals surface area contributed by atoms with E-state index in [-0.39, 0.29) is 6.04 Å². The van der Waals surface area contributed by atoms with Crippen molar-refractivity contribution in [3.8, 4) is 0 Å². The molecular weight excluding hydrogens is 300 g/mol. The van der Waals surface area contributed by atoms with E-state index in [9.17, 15) is 8.42 Å². The highest BCUT2D eigenvalue weighted by Crippen LogP contribution is 2.20. The first-order valence-electron chi connectivity index (χ1n) is 6.29. The molecule has 0 aliphatic heterocycles. The Morgan fingerprint density at radius 1 is 1.47 bits per heavy atom. The maximum absolute atomic E-state index is 12.1. The molecule has 110 valence electrons. The Labute approximate surface area is 124 Å². The Bertz CT molecular complexity index is 471. The number of hydrogen-bond acceptors (Lipinski definition) is 5. The Balaban J connectivity index is 2.63. The third kappa shape index (κ3) is 5.83. The summed E-state index contributed by atoms with van der Waals surface area (Å²) in [6, 6.07) is 1.70. The second-order valence-corrected chi connectivity index (χ2v) is 8.19. The van der Waals surface area contributed by atoms with E-state index in [1.165, 1.54) is 11.3 Å². The number of hydrogen-bond donors (Lipinski definition) is 2. The lowest BCUT2D eigenvalue weighted by molar-refractivity contribution is 0.573. The SMILES string of the molecule is CCCNCc1csc(S(=O)(=O)NC(C)CSC)c1. The lowest BCUT2D eigenvalue weighted by Crippen LogP contribution is -2.33. The van der Waals surface area contributed by atoms with Crippen LogP contribution < -0.4 is 10.0 Å². The molecule has 0 saturated heterocycles. The first-order chi connectivity index (χ1) is 8.99. The van der Waals surface area contributed by atoms with E-state index in [1.807, 2.05) is 18.6 Å². The maximum Gasteiger partial charge on any atom is 0.250 e. The van der Waals surface area contributed by atoms with Crippen LogP contribution in [-0.4, -0.2) is 33.0 Å². The largest absolute Gasteiger partial charge is 0.313 e. The van der Waals surface area contributed by atoms with Gasteiger partial charge in [-0.2, -0.15) is 11.8 Å². The van der Waals surface area contributed by atoms with E-state index in [2.05, 4.69) is 17.0 Å². The van der Waals surface area contributed by atoms with Crippen LogP contribution in [0.3, 0.4) is 0 Å². The summed E-state index contributed by atoms with van der Waals surface area (Å²) in [5.41, 5.74) is 1.02. The zero-order chi connectivity index (χ0) is 14.3. The zero-order valence-electron chi connectivity index (χ0n) is 11.6. The topological polar surface area (TPSA) is 58.2 Å². The van der Waals surface area contributed by atoms with E-state index >= 15 is 0 Å². The molecule has 0 fully saturated rings. The molecule has 2 N–H and O–H groups in total.